The Bertz CT molecular complexity index is 405. The Morgan fingerprint density at radius 2 is 2.33 bits per heavy atom. The van der Waals surface area contributed by atoms with Crippen LogP contribution in [0.3, 0.4) is 0 Å². The molecule has 0 unspecified atom stereocenters. The Morgan fingerprint density at radius 3 is 3.06 bits per heavy atom. The predicted octanol–water partition coefficient (Wildman–Crippen LogP) is 2.68. The van der Waals surface area contributed by atoms with Gasteiger partial charge in [0.1, 0.15) is 11.6 Å². The van der Waals surface area contributed by atoms with Gasteiger partial charge in [0.15, 0.2) is 0 Å². The largest absolute Gasteiger partial charge is 0.493 e. The van der Waals surface area contributed by atoms with Gasteiger partial charge in [0.25, 0.3) is 0 Å². The van der Waals surface area contributed by atoms with Gasteiger partial charge in [-0.15, -0.1) is 0 Å². The summed E-state index contributed by atoms with van der Waals surface area (Å²) in [6.07, 6.45) is 5.03. The highest BCUT2D eigenvalue weighted by molar-refractivity contribution is 5.75. The van der Waals surface area contributed by atoms with Crippen LogP contribution in [0.25, 0.3) is 0 Å². The number of allylic oxidation sites excluding steroid dienone is 1. The van der Waals surface area contributed by atoms with Crippen molar-refractivity contribution in [2.24, 2.45) is 0 Å². The Labute approximate surface area is 107 Å². The average molecular weight is 251 g/mol. The third-order valence-electron chi connectivity index (χ3n) is 2.26. The minimum atomic E-state index is -0.344. The van der Waals surface area contributed by atoms with Crippen LogP contribution in [0, 0.1) is 5.82 Å². The van der Waals surface area contributed by atoms with Crippen LogP contribution in [0.15, 0.2) is 36.4 Å². The quantitative estimate of drug-likeness (QED) is 0.597. The lowest BCUT2D eigenvalue weighted by Gasteiger charge is -2.06. The molecule has 0 fully saturated rings. The van der Waals surface area contributed by atoms with E-state index in [9.17, 15) is 9.18 Å². The fourth-order valence-electron chi connectivity index (χ4n) is 1.37. The maximum atomic E-state index is 12.8. The zero-order chi connectivity index (χ0) is 13.2. The first-order valence-electron chi connectivity index (χ1n) is 5.98. The topological polar surface area (TPSA) is 38.3 Å². The van der Waals surface area contributed by atoms with Crippen molar-refractivity contribution in [3.63, 3.8) is 0 Å². The van der Waals surface area contributed by atoms with E-state index in [1.807, 2.05) is 19.1 Å². The molecule has 4 heteroatoms. The van der Waals surface area contributed by atoms with Crippen molar-refractivity contribution < 1.29 is 13.9 Å². The summed E-state index contributed by atoms with van der Waals surface area (Å²) in [5, 5.41) is 2.77. The Kier molecular flexibility index (Phi) is 6.54. The van der Waals surface area contributed by atoms with Crippen LogP contribution in [0.4, 0.5) is 4.39 Å². The first kappa shape index (κ1) is 14.2. The number of ether oxygens (including phenoxy) is 1. The summed E-state index contributed by atoms with van der Waals surface area (Å²) < 4.78 is 18.1. The van der Waals surface area contributed by atoms with Gasteiger partial charge in [0.05, 0.1) is 13.0 Å². The van der Waals surface area contributed by atoms with E-state index in [4.69, 9.17) is 4.74 Å². The number of carbonyl (C=O) groups excluding carboxylic acids is 1. The number of hydrogen-bond donors (Lipinski definition) is 1. The van der Waals surface area contributed by atoms with Crippen molar-refractivity contribution in [2.45, 2.75) is 19.8 Å². The van der Waals surface area contributed by atoms with E-state index in [1.165, 1.54) is 12.1 Å². The van der Waals surface area contributed by atoms with E-state index in [1.54, 1.807) is 12.1 Å². The smallest absolute Gasteiger partial charge is 0.223 e. The van der Waals surface area contributed by atoms with Gasteiger partial charge >= 0.3 is 0 Å². The van der Waals surface area contributed by atoms with Crippen LogP contribution >= 0.6 is 0 Å². The zero-order valence-corrected chi connectivity index (χ0v) is 10.5. The Hall–Kier alpha value is -1.84. The number of hydrogen-bond acceptors (Lipinski definition) is 2. The van der Waals surface area contributed by atoms with Crippen LogP contribution in [-0.2, 0) is 4.79 Å². The van der Waals surface area contributed by atoms with E-state index < -0.39 is 0 Å². The third-order valence-corrected chi connectivity index (χ3v) is 2.26. The molecule has 1 N–H and O–H groups in total. The van der Waals surface area contributed by atoms with Crippen molar-refractivity contribution >= 4 is 5.91 Å². The number of nitrogens with one attached hydrogen (secondary N) is 1. The van der Waals surface area contributed by atoms with Gasteiger partial charge in [-0.2, -0.15) is 0 Å². The molecule has 0 aliphatic rings. The molecule has 0 aromatic heterocycles. The third kappa shape index (κ3) is 6.03. The number of benzene rings is 1. The molecule has 0 saturated carbocycles. The Morgan fingerprint density at radius 1 is 1.50 bits per heavy atom. The highest BCUT2D eigenvalue weighted by atomic mass is 19.1. The van der Waals surface area contributed by atoms with Crippen molar-refractivity contribution in [3.8, 4) is 5.75 Å². The summed E-state index contributed by atoms with van der Waals surface area (Å²) in [5.74, 6) is 0.0379. The fourth-order valence-corrected chi connectivity index (χ4v) is 1.37. The van der Waals surface area contributed by atoms with Gasteiger partial charge in [0.2, 0.25) is 5.91 Å². The van der Waals surface area contributed by atoms with Gasteiger partial charge in [-0.1, -0.05) is 18.2 Å². The second-order valence-electron chi connectivity index (χ2n) is 3.76. The zero-order valence-electron chi connectivity index (χ0n) is 10.5. The van der Waals surface area contributed by atoms with Crippen molar-refractivity contribution in [2.75, 3.05) is 13.2 Å². The van der Waals surface area contributed by atoms with Gasteiger partial charge in [-0.25, -0.2) is 4.39 Å². The predicted molar refractivity (Wildman–Crippen MR) is 69.0 cm³/mol. The Balaban J connectivity index is 2.15. The molecule has 0 aliphatic heterocycles. The normalized spacial score (nSPS) is 10.6. The molecular weight excluding hydrogens is 233 g/mol. The molecule has 0 aliphatic carbocycles. The lowest BCUT2D eigenvalue weighted by atomic mass is 10.3. The molecule has 0 radical (unpaired) electrons. The highest BCUT2D eigenvalue weighted by Crippen LogP contribution is 2.11. The summed E-state index contributed by atoms with van der Waals surface area (Å²) in [6, 6.07) is 5.87. The second-order valence-corrected chi connectivity index (χ2v) is 3.76. The molecule has 1 aromatic carbocycles. The van der Waals surface area contributed by atoms with Gasteiger partial charge in [0, 0.05) is 12.6 Å². The summed E-state index contributed by atoms with van der Waals surface area (Å²) >= 11 is 0. The molecule has 18 heavy (non-hydrogen) atoms. The van der Waals surface area contributed by atoms with Gasteiger partial charge in [-0.3, -0.25) is 4.79 Å². The van der Waals surface area contributed by atoms with E-state index in [0.717, 1.165) is 6.42 Å². The molecule has 0 heterocycles. The van der Waals surface area contributed by atoms with Crippen molar-refractivity contribution in [1.82, 2.24) is 5.32 Å². The summed E-state index contributed by atoms with van der Waals surface area (Å²) in [4.78, 5) is 11.4. The number of amides is 1. The minimum Gasteiger partial charge on any atom is -0.493 e. The fraction of sp³-hybridized carbons (Fsp3) is 0.357. The summed E-state index contributed by atoms with van der Waals surface area (Å²) in [7, 11) is 0. The lowest BCUT2D eigenvalue weighted by molar-refractivity contribution is -0.121. The van der Waals surface area contributed by atoms with Crippen LogP contribution in [0.1, 0.15) is 19.8 Å². The van der Waals surface area contributed by atoms with E-state index in [0.29, 0.717) is 12.3 Å². The van der Waals surface area contributed by atoms with Crippen LogP contribution in [0.5, 0.6) is 5.75 Å². The number of carbonyl (C=O) groups is 1. The minimum absolute atomic E-state index is 0.0593. The highest BCUT2D eigenvalue weighted by Gasteiger charge is 2.01. The van der Waals surface area contributed by atoms with Crippen molar-refractivity contribution in [1.29, 1.82) is 0 Å². The van der Waals surface area contributed by atoms with Crippen LogP contribution in [0.2, 0.25) is 0 Å². The molecule has 0 bridgehead atoms. The first-order valence-corrected chi connectivity index (χ1v) is 5.98. The van der Waals surface area contributed by atoms with Crippen LogP contribution in [-0.4, -0.2) is 19.1 Å². The second kappa shape index (κ2) is 8.28. The van der Waals surface area contributed by atoms with E-state index >= 15 is 0 Å². The van der Waals surface area contributed by atoms with Crippen LogP contribution < -0.4 is 10.1 Å². The summed E-state index contributed by atoms with van der Waals surface area (Å²) in [5.41, 5.74) is 0. The number of halogens is 1. The van der Waals surface area contributed by atoms with Gasteiger partial charge in [-0.05, 0) is 25.5 Å². The first-order chi connectivity index (χ1) is 8.72. The maximum Gasteiger partial charge on any atom is 0.223 e. The van der Waals surface area contributed by atoms with Crippen molar-refractivity contribution in [3.05, 3.63) is 42.2 Å². The monoisotopic (exact) mass is 251 g/mol. The molecule has 1 aromatic rings. The molecule has 0 spiro atoms. The molecule has 0 atom stereocenters. The van der Waals surface area contributed by atoms with Gasteiger partial charge < -0.3 is 10.1 Å². The maximum absolute atomic E-state index is 12.8. The number of rotatable bonds is 7. The molecule has 98 valence electrons. The van der Waals surface area contributed by atoms with E-state index in [-0.39, 0.29) is 24.8 Å². The molecular formula is C14H18FNO2. The average Bonchev–Trinajstić information content (AvgIpc) is 2.35. The molecule has 3 nitrogen and oxygen atoms in total. The molecule has 1 amide bonds. The molecule has 0 saturated heterocycles. The lowest BCUT2D eigenvalue weighted by Crippen LogP contribution is -2.25. The molecule has 1 rings (SSSR count). The SMILES string of the molecule is C/C=C/CCNC(=O)CCOc1cccc(F)c1. The van der Waals surface area contributed by atoms with E-state index in [2.05, 4.69) is 5.32 Å². The standard InChI is InChI=1S/C14H18FNO2/c1-2-3-4-9-16-14(17)8-10-18-13-7-5-6-12(15)11-13/h2-3,5-7,11H,4,8-10H2,1H3,(H,16,17)/b3-2+. The summed E-state index contributed by atoms with van der Waals surface area (Å²) in [6.45, 7) is 2.82.